The number of nitro benzene ring substituents is 1. The predicted octanol–water partition coefficient (Wildman–Crippen LogP) is 2.72. The van der Waals surface area contributed by atoms with Gasteiger partial charge in [0, 0.05) is 49.7 Å². The molecule has 2 heterocycles. The molecule has 3 rings (SSSR count). The van der Waals surface area contributed by atoms with Crippen molar-refractivity contribution in [1.29, 1.82) is 0 Å². The van der Waals surface area contributed by atoms with E-state index in [0.717, 1.165) is 10.6 Å². The van der Waals surface area contributed by atoms with E-state index >= 15 is 0 Å². The van der Waals surface area contributed by atoms with Gasteiger partial charge < -0.3 is 20.5 Å². The van der Waals surface area contributed by atoms with Crippen molar-refractivity contribution in [2.45, 2.75) is 26.8 Å². The molecule has 13 heteroatoms. The van der Waals surface area contributed by atoms with Crippen LogP contribution in [0.4, 0.5) is 10.5 Å². The van der Waals surface area contributed by atoms with E-state index in [1.807, 2.05) is 19.9 Å². The molecule has 2 amide bonds. The smallest absolute Gasteiger partial charge is 0.407 e. The number of aromatic nitrogens is 4. The topological polar surface area (TPSA) is 180 Å². The highest BCUT2D eigenvalue weighted by Gasteiger charge is 2.26. The van der Waals surface area contributed by atoms with Crippen molar-refractivity contribution in [1.82, 2.24) is 24.6 Å². The van der Waals surface area contributed by atoms with Gasteiger partial charge in [-0.05, 0) is 32.4 Å². The van der Waals surface area contributed by atoms with Crippen LogP contribution in [0.15, 0.2) is 30.6 Å². The Kier molecular flexibility index (Phi) is 7.59. The zero-order chi connectivity index (χ0) is 25.7. The lowest BCUT2D eigenvalue weighted by Gasteiger charge is -2.14. The molecule has 0 aliphatic rings. The maximum Gasteiger partial charge on any atom is 0.407 e. The van der Waals surface area contributed by atoms with Gasteiger partial charge in [0.05, 0.1) is 22.8 Å². The molecule has 184 valence electrons. The first kappa shape index (κ1) is 25.1. The average Bonchev–Trinajstić information content (AvgIpc) is 3.21. The Labute approximate surface area is 200 Å². The lowest BCUT2D eigenvalue weighted by Crippen LogP contribution is -2.26. The molecule has 0 spiro atoms. The molecule has 0 fully saturated rings. The zero-order valence-electron chi connectivity index (χ0n) is 19.5. The maximum absolute atomic E-state index is 12.0. The van der Waals surface area contributed by atoms with Crippen molar-refractivity contribution in [3.05, 3.63) is 52.0 Å². The summed E-state index contributed by atoms with van der Waals surface area (Å²) in [6.45, 7) is 4.54. The summed E-state index contributed by atoms with van der Waals surface area (Å²) in [4.78, 5) is 43.9. The molecule has 0 saturated heterocycles. The molecule has 3 aromatic rings. The Morgan fingerprint density at radius 3 is 2.51 bits per heavy atom. The van der Waals surface area contributed by atoms with Crippen LogP contribution in [-0.4, -0.2) is 66.9 Å². The quantitative estimate of drug-likeness (QED) is 0.249. The molecule has 13 nitrogen and oxygen atoms in total. The van der Waals surface area contributed by atoms with Gasteiger partial charge in [-0.3, -0.25) is 19.6 Å². The lowest BCUT2D eigenvalue weighted by molar-refractivity contribution is -0.385. The molecule has 0 saturated carbocycles. The van der Waals surface area contributed by atoms with Gasteiger partial charge in [0.25, 0.3) is 0 Å². The Balaban J connectivity index is 1.98. The molecule has 0 aliphatic carbocycles. The summed E-state index contributed by atoms with van der Waals surface area (Å²) >= 11 is 0. The van der Waals surface area contributed by atoms with Crippen LogP contribution in [0.5, 0.6) is 5.75 Å². The van der Waals surface area contributed by atoms with Crippen LogP contribution in [0.1, 0.15) is 29.4 Å². The number of ether oxygens (including phenoxy) is 1. The minimum Gasteiger partial charge on any atom is -0.487 e. The number of nitro groups is 1. The Morgan fingerprint density at radius 1 is 1.26 bits per heavy atom. The third-order valence-electron chi connectivity index (χ3n) is 5.16. The minimum atomic E-state index is -1.10. The number of hydrogen-bond donors (Lipinski definition) is 2. The van der Waals surface area contributed by atoms with Gasteiger partial charge in [0.2, 0.25) is 5.91 Å². The highest BCUT2D eigenvalue weighted by Crippen LogP contribution is 2.39. The molecular formula is C22H25N7O6. The molecule has 2 aromatic heterocycles. The highest BCUT2D eigenvalue weighted by atomic mass is 16.6. The van der Waals surface area contributed by atoms with Crippen LogP contribution in [-0.2, 0) is 6.54 Å². The number of carbonyl (C=O) groups is 2. The summed E-state index contributed by atoms with van der Waals surface area (Å²) in [6.07, 6.45) is 2.01. The first-order chi connectivity index (χ1) is 16.6. The van der Waals surface area contributed by atoms with Crippen LogP contribution in [0.25, 0.3) is 22.6 Å². The van der Waals surface area contributed by atoms with Crippen LogP contribution >= 0.6 is 0 Å². The third-order valence-corrected chi connectivity index (χ3v) is 5.16. The summed E-state index contributed by atoms with van der Waals surface area (Å²) in [7, 11) is 1.40. The van der Waals surface area contributed by atoms with E-state index in [2.05, 4.69) is 15.1 Å². The lowest BCUT2D eigenvalue weighted by atomic mass is 10.0. The molecule has 3 N–H and O–H groups in total. The van der Waals surface area contributed by atoms with E-state index in [-0.39, 0.29) is 42.1 Å². The molecule has 0 unspecified atom stereocenters. The maximum atomic E-state index is 12.0. The minimum absolute atomic E-state index is 0.00650. The second-order valence-electron chi connectivity index (χ2n) is 7.68. The number of amides is 2. The number of benzene rings is 1. The zero-order valence-corrected chi connectivity index (χ0v) is 19.5. The van der Waals surface area contributed by atoms with E-state index in [9.17, 15) is 19.7 Å². The van der Waals surface area contributed by atoms with Crippen LogP contribution in [0, 0.1) is 17.0 Å². The molecule has 0 radical (unpaired) electrons. The molecule has 0 aliphatic heterocycles. The van der Waals surface area contributed by atoms with Gasteiger partial charge >= 0.3 is 11.8 Å². The summed E-state index contributed by atoms with van der Waals surface area (Å²) < 4.78 is 7.33. The molecule has 0 bridgehead atoms. The van der Waals surface area contributed by atoms with Gasteiger partial charge in [-0.2, -0.15) is 5.10 Å². The van der Waals surface area contributed by atoms with Crippen molar-refractivity contribution >= 4 is 17.7 Å². The van der Waals surface area contributed by atoms with Gasteiger partial charge in [-0.15, -0.1) is 0 Å². The number of hydrogen-bond acceptors (Lipinski definition) is 8. The first-order valence-electron chi connectivity index (χ1n) is 10.7. The predicted molar refractivity (Wildman–Crippen MR) is 125 cm³/mol. The van der Waals surface area contributed by atoms with E-state index in [4.69, 9.17) is 15.6 Å². The van der Waals surface area contributed by atoms with Crippen LogP contribution in [0.2, 0.25) is 0 Å². The summed E-state index contributed by atoms with van der Waals surface area (Å²) in [5.74, 6) is -0.566. The Morgan fingerprint density at radius 2 is 1.94 bits per heavy atom. The SMILES string of the molecule is CCn1nc(C)cc1-c1ncc(-c2cc(C(N)=O)cc(OCCCN(C)C(=O)O)c2[N+](=O)[O-])cn1. The molecular weight excluding hydrogens is 458 g/mol. The fraction of sp³-hybridized carbons (Fsp3) is 0.318. The number of rotatable bonds is 10. The van der Waals surface area contributed by atoms with Crippen LogP contribution < -0.4 is 10.5 Å². The number of aryl methyl sites for hydroxylation is 2. The van der Waals surface area contributed by atoms with E-state index in [0.29, 0.717) is 23.6 Å². The number of nitrogens with zero attached hydrogens (tertiary/aromatic N) is 6. The van der Waals surface area contributed by atoms with E-state index in [1.165, 1.54) is 31.6 Å². The monoisotopic (exact) mass is 483 g/mol. The van der Waals surface area contributed by atoms with Crippen molar-refractivity contribution < 1.29 is 24.4 Å². The summed E-state index contributed by atoms with van der Waals surface area (Å²) in [5, 5.41) is 25.3. The fourth-order valence-corrected chi connectivity index (χ4v) is 3.41. The largest absolute Gasteiger partial charge is 0.487 e. The van der Waals surface area contributed by atoms with Crippen molar-refractivity contribution in [3.8, 4) is 28.4 Å². The summed E-state index contributed by atoms with van der Waals surface area (Å²) in [6, 6.07) is 4.33. The van der Waals surface area contributed by atoms with Crippen molar-refractivity contribution in [3.63, 3.8) is 0 Å². The van der Waals surface area contributed by atoms with E-state index in [1.54, 1.807) is 4.68 Å². The number of primary amides is 1. The standard InChI is InChI=1S/C22H25N7O6/c1-4-28-17(8-13(2)26-28)21-24-11-15(12-25-21)16-9-14(20(23)30)10-18(19(16)29(33)34)35-7-5-6-27(3)22(31)32/h8-12H,4-7H2,1-3H3,(H2,23,30)(H,31,32). The normalized spacial score (nSPS) is 10.7. The number of carbonyl (C=O) groups excluding carboxylic acids is 1. The van der Waals surface area contributed by atoms with Gasteiger partial charge in [0.1, 0.15) is 5.69 Å². The van der Waals surface area contributed by atoms with Gasteiger partial charge in [-0.25, -0.2) is 14.8 Å². The van der Waals surface area contributed by atoms with E-state index < -0.39 is 16.9 Å². The Bertz CT molecular complexity index is 1260. The molecule has 1 aromatic carbocycles. The van der Waals surface area contributed by atoms with Crippen LogP contribution in [0.3, 0.4) is 0 Å². The first-order valence-corrected chi connectivity index (χ1v) is 10.7. The second-order valence-corrected chi connectivity index (χ2v) is 7.68. The molecule has 35 heavy (non-hydrogen) atoms. The van der Waals surface area contributed by atoms with Crippen molar-refractivity contribution in [2.24, 2.45) is 5.73 Å². The van der Waals surface area contributed by atoms with Gasteiger partial charge in [-0.1, -0.05) is 0 Å². The Hall–Kier alpha value is -4.55. The second kappa shape index (κ2) is 10.6. The van der Waals surface area contributed by atoms with Crippen molar-refractivity contribution in [2.75, 3.05) is 20.2 Å². The fourth-order valence-electron chi connectivity index (χ4n) is 3.41. The number of carboxylic acid groups (broad SMARTS) is 1. The average molecular weight is 483 g/mol. The highest BCUT2D eigenvalue weighted by molar-refractivity contribution is 5.96. The third kappa shape index (κ3) is 5.69. The molecule has 0 atom stereocenters. The van der Waals surface area contributed by atoms with Gasteiger partial charge in [0.15, 0.2) is 11.6 Å². The number of nitrogens with two attached hydrogens (primary N) is 1. The summed E-state index contributed by atoms with van der Waals surface area (Å²) in [5.41, 5.74) is 6.92.